The fourth-order valence-corrected chi connectivity index (χ4v) is 3.49. The molecule has 0 bridgehead atoms. The molecule has 0 aromatic heterocycles. The van der Waals surface area contributed by atoms with Gasteiger partial charge in [0.25, 0.3) is 5.91 Å². The Morgan fingerprint density at radius 1 is 1.43 bits per heavy atom. The first-order valence-corrected chi connectivity index (χ1v) is 8.45. The lowest BCUT2D eigenvalue weighted by molar-refractivity contribution is -0.135. The first kappa shape index (κ1) is 17.7. The highest BCUT2D eigenvalue weighted by molar-refractivity contribution is 9.11. The maximum absolute atomic E-state index is 11.6. The van der Waals surface area contributed by atoms with Crippen molar-refractivity contribution in [2.75, 3.05) is 12.8 Å². The summed E-state index contributed by atoms with van der Waals surface area (Å²) in [6, 6.07) is 3.60. The number of nitrogens with two attached hydrogens (primary N) is 1. The van der Waals surface area contributed by atoms with E-state index < -0.39 is 11.9 Å². The monoisotopic (exact) mass is 460 g/mol. The van der Waals surface area contributed by atoms with Crippen LogP contribution in [0, 0.1) is 0 Å². The summed E-state index contributed by atoms with van der Waals surface area (Å²) in [7, 11) is 1.23. The molecular formula is C13H10Br2N4O3S. The Bertz CT molecular complexity index is 762. The van der Waals surface area contributed by atoms with Gasteiger partial charge in [0, 0.05) is 20.6 Å². The number of anilines is 1. The molecule has 0 atom stereocenters. The number of hydrogen-bond donors (Lipinski definition) is 2. The second kappa shape index (κ2) is 7.75. The third-order valence-electron chi connectivity index (χ3n) is 2.57. The standard InChI is InChI=1S/C13H10Br2N4O3S/c1-22-10(20)4-9-12(21)18-13(23-9)19-17-5-6-2-7(14)3-8(15)11(6)16/h2-5H,16H2,1H3,(H,18,19,21)/b9-4+,17-5?. The molecule has 1 amide bonds. The molecule has 0 spiro atoms. The highest BCUT2D eigenvalue weighted by Crippen LogP contribution is 2.27. The van der Waals surface area contributed by atoms with Crippen molar-refractivity contribution in [3.05, 3.63) is 37.6 Å². The van der Waals surface area contributed by atoms with E-state index in [1.807, 2.05) is 6.07 Å². The number of amidine groups is 1. The Morgan fingerprint density at radius 3 is 2.87 bits per heavy atom. The first-order valence-electron chi connectivity index (χ1n) is 6.05. The molecule has 1 aliphatic heterocycles. The topological polar surface area (TPSA) is 106 Å². The fourth-order valence-electron chi connectivity index (χ4n) is 1.50. The van der Waals surface area contributed by atoms with Crippen molar-refractivity contribution in [3.8, 4) is 0 Å². The largest absolute Gasteiger partial charge is 0.466 e. The number of amides is 1. The quantitative estimate of drug-likeness (QED) is 0.236. The lowest BCUT2D eigenvalue weighted by atomic mass is 10.2. The number of methoxy groups -OCH3 is 1. The molecule has 1 heterocycles. The highest BCUT2D eigenvalue weighted by atomic mass is 79.9. The van der Waals surface area contributed by atoms with Crippen LogP contribution in [-0.4, -0.2) is 30.4 Å². The third kappa shape index (κ3) is 4.66. The molecule has 3 N–H and O–H groups in total. The number of benzene rings is 1. The van der Waals surface area contributed by atoms with Gasteiger partial charge in [-0.3, -0.25) is 10.1 Å². The van der Waals surface area contributed by atoms with Gasteiger partial charge >= 0.3 is 5.97 Å². The van der Waals surface area contributed by atoms with Gasteiger partial charge in [-0.2, -0.15) is 5.10 Å². The van der Waals surface area contributed by atoms with Gasteiger partial charge < -0.3 is 10.5 Å². The molecule has 0 radical (unpaired) electrons. The van der Waals surface area contributed by atoms with E-state index in [2.05, 4.69) is 52.1 Å². The van der Waals surface area contributed by atoms with E-state index in [-0.39, 0.29) is 10.1 Å². The minimum atomic E-state index is -0.612. The van der Waals surface area contributed by atoms with Crippen molar-refractivity contribution in [2.24, 2.45) is 10.2 Å². The minimum absolute atomic E-state index is 0.190. The predicted molar refractivity (Wildman–Crippen MR) is 97.1 cm³/mol. The molecule has 1 fully saturated rings. The van der Waals surface area contributed by atoms with Crippen molar-refractivity contribution >= 4 is 72.6 Å². The van der Waals surface area contributed by atoms with Gasteiger partial charge in [0.2, 0.25) is 0 Å². The highest BCUT2D eigenvalue weighted by Gasteiger charge is 2.24. The number of hydrogen-bond acceptors (Lipinski definition) is 7. The van der Waals surface area contributed by atoms with Gasteiger partial charge in [-0.15, -0.1) is 5.10 Å². The maximum Gasteiger partial charge on any atom is 0.331 e. The van der Waals surface area contributed by atoms with E-state index >= 15 is 0 Å². The molecule has 1 saturated heterocycles. The summed E-state index contributed by atoms with van der Waals surface area (Å²) in [5.41, 5.74) is 7.10. The van der Waals surface area contributed by atoms with Gasteiger partial charge in [0.15, 0.2) is 5.17 Å². The van der Waals surface area contributed by atoms with Crippen molar-refractivity contribution < 1.29 is 14.3 Å². The Labute approximate surface area is 152 Å². The summed E-state index contributed by atoms with van der Waals surface area (Å²) < 4.78 is 6.03. The van der Waals surface area contributed by atoms with E-state index in [4.69, 9.17) is 5.73 Å². The third-order valence-corrected chi connectivity index (χ3v) is 4.59. The molecule has 7 nitrogen and oxygen atoms in total. The number of thioether (sulfide) groups is 1. The molecule has 23 heavy (non-hydrogen) atoms. The zero-order chi connectivity index (χ0) is 17.0. The van der Waals surface area contributed by atoms with Crippen LogP contribution >= 0.6 is 43.6 Å². The molecule has 10 heteroatoms. The molecule has 1 aromatic rings. The van der Waals surface area contributed by atoms with Crippen LogP contribution in [0.4, 0.5) is 5.69 Å². The van der Waals surface area contributed by atoms with Gasteiger partial charge in [-0.25, -0.2) is 4.79 Å². The Morgan fingerprint density at radius 2 is 2.17 bits per heavy atom. The summed E-state index contributed by atoms with van der Waals surface area (Å²) in [5, 5.41) is 10.5. The molecule has 1 aliphatic rings. The van der Waals surface area contributed by atoms with Crippen LogP contribution in [0.25, 0.3) is 0 Å². The van der Waals surface area contributed by atoms with Crippen LogP contribution in [0.2, 0.25) is 0 Å². The normalized spacial score (nSPS) is 18.0. The number of halogens is 2. The van der Waals surface area contributed by atoms with Crippen molar-refractivity contribution in [1.29, 1.82) is 0 Å². The van der Waals surface area contributed by atoms with Crippen LogP contribution in [0.5, 0.6) is 0 Å². The van der Waals surface area contributed by atoms with Crippen LogP contribution in [-0.2, 0) is 14.3 Å². The smallest absolute Gasteiger partial charge is 0.331 e. The Balaban J connectivity index is 2.14. The van der Waals surface area contributed by atoms with Gasteiger partial charge in [-0.1, -0.05) is 15.9 Å². The molecule has 0 saturated carbocycles. The zero-order valence-electron chi connectivity index (χ0n) is 11.7. The second-order valence-electron chi connectivity index (χ2n) is 4.13. The molecule has 120 valence electrons. The number of nitrogen functional groups attached to an aromatic ring is 1. The second-order valence-corrected chi connectivity index (χ2v) is 6.93. The fraction of sp³-hybridized carbons (Fsp3) is 0.0769. The first-order chi connectivity index (χ1) is 10.9. The van der Waals surface area contributed by atoms with Crippen molar-refractivity contribution in [1.82, 2.24) is 5.32 Å². The SMILES string of the molecule is COC(=O)/C=C1/S/C(=N\N=Cc2cc(Br)cc(Br)c2N)NC1=O. The zero-order valence-corrected chi connectivity index (χ0v) is 15.7. The number of ether oxygens (including phenoxy) is 1. The number of esters is 1. The van der Waals surface area contributed by atoms with Gasteiger partial charge in [-0.05, 0) is 39.8 Å². The summed E-state index contributed by atoms with van der Waals surface area (Å²) in [6.45, 7) is 0. The van der Waals surface area contributed by atoms with Gasteiger partial charge in [0.1, 0.15) is 0 Å². The van der Waals surface area contributed by atoms with E-state index in [0.717, 1.165) is 26.8 Å². The van der Waals surface area contributed by atoms with Gasteiger partial charge in [0.05, 0.1) is 23.9 Å². The average molecular weight is 462 g/mol. The van der Waals surface area contributed by atoms with E-state index in [1.165, 1.54) is 13.3 Å². The molecular weight excluding hydrogens is 452 g/mol. The number of nitrogens with zero attached hydrogens (tertiary/aromatic N) is 2. The van der Waals surface area contributed by atoms with Crippen LogP contribution in [0.1, 0.15) is 5.56 Å². The summed E-state index contributed by atoms with van der Waals surface area (Å²) >= 11 is 7.69. The summed E-state index contributed by atoms with van der Waals surface area (Å²) in [4.78, 5) is 23.0. The maximum atomic E-state index is 11.6. The minimum Gasteiger partial charge on any atom is -0.466 e. The Hall–Kier alpha value is -1.65. The van der Waals surface area contributed by atoms with E-state index in [1.54, 1.807) is 6.07 Å². The summed E-state index contributed by atoms with van der Waals surface area (Å²) in [6.07, 6.45) is 2.56. The molecule has 2 rings (SSSR count). The van der Waals surface area contributed by atoms with Crippen LogP contribution in [0.3, 0.4) is 0 Å². The van der Waals surface area contributed by atoms with E-state index in [0.29, 0.717) is 11.3 Å². The predicted octanol–water partition coefficient (Wildman–Crippen LogP) is 2.40. The number of carbonyl (C=O) groups excluding carboxylic acids is 2. The number of carbonyl (C=O) groups is 2. The van der Waals surface area contributed by atoms with Crippen molar-refractivity contribution in [3.63, 3.8) is 0 Å². The lowest BCUT2D eigenvalue weighted by Crippen LogP contribution is -2.19. The van der Waals surface area contributed by atoms with Crippen LogP contribution in [0.15, 0.2) is 42.3 Å². The summed E-state index contributed by atoms with van der Waals surface area (Å²) in [5.74, 6) is -1.04. The Kier molecular flexibility index (Phi) is 5.97. The number of nitrogens with one attached hydrogen (secondary N) is 1. The molecule has 0 unspecified atom stereocenters. The van der Waals surface area contributed by atoms with Crippen LogP contribution < -0.4 is 11.1 Å². The number of rotatable bonds is 3. The van der Waals surface area contributed by atoms with E-state index in [9.17, 15) is 9.59 Å². The lowest BCUT2D eigenvalue weighted by Gasteiger charge is -2.03. The molecule has 0 aliphatic carbocycles. The van der Waals surface area contributed by atoms with Crippen molar-refractivity contribution in [2.45, 2.75) is 0 Å². The molecule has 1 aromatic carbocycles. The average Bonchev–Trinajstić information content (AvgIpc) is 2.84.